The van der Waals surface area contributed by atoms with Crippen LogP contribution in [0.25, 0.3) is 17.2 Å². The second-order valence-electron chi connectivity index (χ2n) is 9.82. The van der Waals surface area contributed by atoms with Gasteiger partial charge in [0.15, 0.2) is 0 Å². The summed E-state index contributed by atoms with van der Waals surface area (Å²) in [5.41, 5.74) is 5.96. The van der Waals surface area contributed by atoms with Crippen molar-refractivity contribution in [3.63, 3.8) is 0 Å². The van der Waals surface area contributed by atoms with Gasteiger partial charge >= 0.3 is 12.1 Å². The molecule has 0 spiro atoms. The van der Waals surface area contributed by atoms with E-state index in [1.54, 1.807) is 13.0 Å². The minimum absolute atomic E-state index is 0.258. The maximum atomic E-state index is 12.5. The molecule has 0 aliphatic carbocycles. The van der Waals surface area contributed by atoms with Crippen LogP contribution >= 0.6 is 0 Å². The number of esters is 1. The number of aromatic nitrogens is 1. The van der Waals surface area contributed by atoms with E-state index in [4.69, 9.17) is 14.5 Å². The van der Waals surface area contributed by atoms with Gasteiger partial charge in [0.1, 0.15) is 5.60 Å². The summed E-state index contributed by atoms with van der Waals surface area (Å²) in [5.74, 6) is -0.0320. The molecule has 34 heavy (non-hydrogen) atoms. The number of rotatable bonds is 8. The van der Waals surface area contributed by atoms with Crippen LogP contribution in [0.4, 0.5) is 4.79 Å². The summed E-state index contributed by atoms with van der Waals surface area (Å²) >= 11 is 0. The van der Waals surface area contributed by atoms with Gasteiger partial charge in [-0.3, -0.25) is 4.98 Å². The number of hydrogen-bond donors (Lipinski definition) is 1. The lowest BCUT2D eigenvalue weighted by molar-refractivity contribution is -0.137. The van der Waals surface area contributed by atoms with Crippen molar-refractivity contribution in [1.29, 1.82) is 0 Å². The smallest absolute Gasteiger partial charge is 0.407 e. The van der Waals surface area contributed by atoms with Gasteiger partial charge in [0, 0.05) is 35.1 Å². The Balaban J connectivity index is 2.68. The molecule has 1 aromatic heterocycles. The van der Waals surface area contributed by atoms with Crippen LogP contribution in [-0.2, 0) is 27.2 Å². The molecule has 2 aromatic rings. The fraction of sp³-hybridized carbons (Fsp3) is 0.464. The Morgan fingerprint density at radius 2 is 1.76 bits per heavy atom. The van der Waals surface area contributed by atoms with Crippen LogP contribution in [0.1, 0.15) is 69.6 Å². The number of nitrogens with zero attached hydrogens (tertiary/aromatic N) is 1. The number of benzene rings is 1. The highest BCUT2D eigenvalue weighted by atomic mass is 16.6. The van der Waals surface area contributed by atoms with Gasteiger partial charge in [0.25, 0.3) is 0 Å². The third-order valence-corrected chi connectivity index (χ3v) is 5.03. The average molecular weight is 467 g/mol. The summed E-state index contributed by atoms with van der Waals surface area (Å²) in [5, 5.41) is 2.91. The number of hydrogen-bond acceptors (Lipinski definition) is 5. The first-order valence-corrected chi connectivity index (χ1v) is 11.8. The van der Waals surface area contributed by atoms with Gasteiger partial charge in [-0.15, -0.1) is 0 Å². The predicted molar refractivity (Wildman–Crippen MR) is 136 cm³/mol. The molecule has 6 nitrogen and oxygen atoms in total. The number of amides is 1. The van der Waals surface area contributed by atoms with Crippen LogP contribution in [-0.4, -0.2) is 29.3 Å². The second-order valence-corrected chi connectivity index (χ2v) is 9.82. The topological polar surface area (TPSA) is 77.5 Å². The third kappa shape index (κ3) is 8.01. The molecule has 0 bridgehead atoms. The summed E-state index contributed by atoms with van der Waals surface area (Å²) in [4.78, 5) is 29.4. The van der Waals surface area contributed by atoms with E-state index in [-0.39, 0.29) is 6.54 Å². The minimum atomic E-state index is -0.594. The Morgan fingerprint density at radius 3 is 2.32 bits per heavy atom. The number of aryl methyl sites for hydroxylation is 2. The Kier molecular flexibility index (Phi) is 9.42. The molecule has 0 radical (unpaired) electrons. The Hall–Kier alpha value is -3.15. The minimum Gasteiger partial charge on any atom is -0.463 e. The van der Waals surface area contributed by atoms with Gasteiger partial charge in [-0.1, -0.05) is 43.7 Å². The summed E-state index contributed by atoms with van der Waals surface area (Å²) < 4.78 is 10.5. The quantitative estimate of drug-likeness (QED) is 0.372. The SMILES string of the molecule is CCOC(=O)C=Cc1c(C)nc(CC(C)C)c(CNC(=O)OC(C)(C)C)c1-c1ccc(C)cc1. The standard InChI is InChI=1S/C28H38N2O4/c1-9-33-25(31)15-14-22-20(5)30-24(16-18(2)3)23(17-29-27(32)34-28(6,7)8)26(22)21-12-10-19(4)11-13-21/h10-15,18H,9,16-17H2,1-8H3,(H,29,32). The van der Waals surface area contributed by atoms with Crippen molar-refractivity contribution < 1.29 is 19.1 Å². The van der Waals surface area contributed by atoms with E-state index in [2.05, 4.69) is 43.4 Å². The van der Waals surface area contributed by atoms with Gasteiger partial charge in [0.2, 0.25) is 0 Å². The van der Waals surface area contributed by atoms with E-state index in [9.17, 15) is 9.59 Å². The van der Waals surface area contributed by atoms with Crippen molar-refractivity contribution in [3.8, 4) is 11.1 Å². The molecule has 0 aliphatic rings. The molecule has 1 amide bonds. The number of carbonyl (C=O) groups is 2. The fourth-order valence-corrected chi connectivity index (χ4v) is 3.63. The summed E-state index contributed by atoms with van der Waals surface area (Å²) in [6.45, 7) is 16.1. The monoisotopic (exact) mass is 466 g/mol. The van der Waals surface area contributed by atoms with Gasteiger partial charge in [-0.05, 0) is 71.1 Å². The molecular weight excluding hydrogens is 428 g/mol. The van der Waals surface area contributed by atoms with E-state index in [1.165, 1.54) is 6.08 Å². The maximum Gasteiger partial charge on any atom is 0.407 e. The van der Waals surface area contributed by atoms with E-state index in [0.29, 0.717) is 12.5 Å². The van der Waals surface area contributed by atoms with Crippen molar-refractivity contribution in [1.82, 2.24) is 10.3 Å². The van der Waals surface area contributed by atoms with E-state index in [0.717, 1.165) is 45.6 Å². The first-order chi connectivity index (χ1) is 15.9. The Bertz CT molecular complexity index is 1030. The number of ether oxygens (including phenoxy) is 2. The molecular formula is C28H38N2O4. The van der Waals surface area contributed by atoms with E-state index < -0.39 is 17.7 Å². The lowest BCUT2D eigenvalue weighted by atomic mass is 9.89. The van der Waals surface area contributed by atoms with Crippen LogP contribution < -0.4 is 5.32 Å². The molecule has 0 atom stereocenters. The first-order valence-electron chi connectivity index (χ1n) is 11.8. The van der Waals surface area contributed by atoms with E-state index in [1.807, 2.05) is 34.6 Å². The third-order valence-electron chi connectivity index (χ3n) is 5.03. The first kappa shape index (κ1) is 27.1. The van der Waals surface area contributed by atoms with Crippen molar-refractivity contribution in [3.05, 3.63) is 58.4 Å². The Labute approximate surface area is 203 Å². The molecule has 184 valence electrons. The van der Waals surface area contributed by atoms with Crippen molar-refractivity contribution >= 4 is 18.1 Å². The zero-order valence-corrected chi connectivity index (χ0v) is 21.7. The highest BCUT2D eigenvalue weighted by Crippen LogP contribution is 2.33. The van der Waals surface area contributed by atoms with E-state index >= 15 is 0 Å². The second kappa shape index (κ2) is 11.8. The van der Waals surface area contributed by atoms with Crippen molar-refractivity contribution in [2.24, 2.45) is 5.92 Å². The highest BCUT2D eigenvalue weighted by molar-refractivity contribution is 5.90. The largest absolute Gasteiger partial charge is 0.463 e. The highest BCUT2D eigenvalue weighted by Gasteiger charge is 2.21. The van der Waals surface area contributed by atoms with Crippen LogP contribution in [0.5, 0.6) is 0 Å². The maximum absolute atomic E-state index is 12.5. The van der Waals surface area contributed by atoms with Crippen molar-refractivity contribution in [2.45, 2.75) is 74.0 Å². The average Bonchev–Trinajstić information content (AvgIpc) is 2.71. The van der Waals surface area contributed by atoms with Crippen LogP contribution in [0.15, 0.2) is 30.3 Å². The number of carbonyl (C=O) groups excluding carboxylic acids is 2. The van der Waals surface area contributed by atoms with Crippen LogP contribution in [0, 0.1) is 19.8 Å². The fourth-order valence-electron chi connectivity index (χ4n) is 3.63. The van der Waals surface area contributed by atoms with Crippen LogP contribution in [0.3, 0.4) is 0 Å². The van der Waals surface area contributed by atoms with Gasteiger partial charge in [0.05, 0.1) is 6.61 Å². The summed E-state index contributed by atoms with van der Waals surface area (Å²) in [6.07, 6.45) is 3.46. The lowest BCUT2D eigenvalue weighted by Crippen LogP contribution is -2.32. The summed E-state index contributed by atoms with van der Waals surface area (Å²) in [7, 11) is 0. The molecule has 0 aliphatic heterocycles. The van der Waals surface area contributed by atoms with Crippen molar-refractivity contribution in [2.75, 3.05) is 6.61 Å². The summed E-state index contributed by atoms with van der Waals surface area (Å²) in [6, 6.07) is 8.22. The lowest BCUT2D eigenvalue weighted by Gasteiger charge is -2.23. The predicted octanol–water partition coefficient (Wildman–Crippen LogP) is 6.16. The zero-order chi connectivity index (χ0) is 25.5. The molecule has 0 unspecified atom stereocenters. The zero-order valence-electron chi connectivity index (χ0n) is 21.7. The van der Waals surface area contributed by atoms with Gasteiger partial charge < -0.3 is 14.8 Å². The number of nitrogens with one attached hydrogen (secondary N) is 1. The molecule has 0 saturated carbocycles. The molecule has 1 aromatic carbocycles. The molecule has 6 heteroatoms. The number of pyridine rings is 1. The van der Waals surface area contributed by atoms with Crippen LogP contribution in [0.2, 0.25) is 0 Å². The molecule has 0 fully saturated rings. The normalized spacial score (nSPS) is 11.7. The Morgan fingerprint density at radius 1 is 1.12 bits per heavy atom. The molecule has 0 saturated heterocycles. The van der Waals surface area contributed by atoms with Gasteiger partial charge in [-0.2, -0.15) is 0 Å². The molecule has 1 heterocycles. The molecule has 2 rings (SSSR count). The van der Waals surface area contributed by atoms with Gasteiger partial charge in [-0.25, -0.2) is 9.59 Å². The number of alkyl carbamates (subject to hydrolysis) is 1. The molecule has 1 N–H and O–H groups in total.